The van der Waals surface area contributed by atoms with E-state index in [4.69, 9.17) is 4.42 Å². The molecule has 7 nitrogen and oxygen atoms in total. The fraction of sp³-hybridized carbons (Fsp3) is 0.500. The molecule has 0 radical (unpaired) electrons. The number of nitrogens with zero attached hydrogens (tertiary/aromatic N) is 3. The molecule has 2 heterocycles. The fourth-order valence-electron chi connectivity index (χ4n) is 3.85. The van der Waals surface area contributed by atoms with Crippen molar-refractivity contribution in [3.63, 3.8) is 0 Å². The van der Waals surface area contributed by atoms with Gasteiger partial charge in [-0.3, -0.25) is 9.59 Å². The Kier molecular flexibility index (Phi) is 6.75. The zero-order valence-corrected chi connectivity index (χ0v) is 18.8. The molecule has 2 amide bonds. The summed E-state index contributed by atoms with van der Waals surface area (Å²) in [7, 11) is -2.66. The molecule has 1 atom stereocenters. The van der Waals surface area contributed by atoms with E-state index in [1.165, 1.54) is 12.0 Å². The Morgan fingerprint density at radius 1 is 1.23 bits per heavy atom. The first-order valence-corrected chi connectivity index (χ1v) is 12.2. The van der Waals surface area contributed by atoms with Gasteiger partial charge in [0, 0.05) is 31.0 Å². The number of carbonyl (C=O) groups excluding carboxylic acids is 2. The van der Waals surface area contributed by atoms with Crippen molar-refractivity contribution in [2.24, 2.45) is 4.36 Å². The highest BCUT2D eigenvalue weighted by molar-refractivity contribution is 7.93. The Morgan fingerprint density at radius 3 is 2.53 bits per heavy atom. The molecular weight excluding hydrogens is 402 g/mol. The predicted molar refractivity (Wildman–Crippen MR) is 116 cm³/mol. The molecule has 1 unspecified atom stereocenters. The van der Waals surface area contributed by atoms with Gasteiger partial charge >= 0.3 is 0 Å². The van der Waals surface area contributed by atoms with Gasteiger partial charge in [-0.15, -0.1) is 0 Å². The number of aryl methyl sites for hydroxylation is 4. The number of amides is 2. The quantitative estimate of drug-likeness (QED) is 0.723. The van der Waals surface area contributed by atoms with E-state index in [0.717, 1.165) is 11.1 Å². The molecule has 1 aromatic heterocycles. The van der Waals surface area contributed by atoms with Crippen LogP contribution in [0, 0.1) is 20.8 Å². The average molecular weight is 432 g/mol. The molecule has 0 N–H and O–H groups in total. The van der Waals surface area contributed by atoms with E-state index in [-0.39, 0.29) is 23.5 Å². The third-order valence-corrected chi connectivity index (χ3v) is 7.96. The van der Waals surface area contributed by atoms with Gasteiger partial charge in [0.1, 0.15) is 5.76 Å². The van der Waals surface area contributed by atoms with Crippen LogP contribution < -0.4 is 0 Å². The molecule has 1 fully saturated rings. The highest BCUT2D eigenvalue weighted by Crippen LogP contribution is 2.22. The molecule has 0 spiro atoms. The van der Waals surface area contributed by atoms with Gasteiger partial charge in [-0.25, -0.2) is 9.19 Å². The highest BCUT2D eigenvalue weighted by Gasteiger charge is 2.30. The molecule has 1 aliphatic rings. The monoisotopic (exact) mass is 431 g/mol. The minimum atomic E-state index is -2.66. The molecule has 2 aromatic rings. The van der Waals surface area contributed by atoms with Crippen LogP contribution in [0.2, 0.25) is 0 Å². The van der Waals surface area contributed by atoms with E-state index in [9.17, 15) is 13.8 Å². The highest BCUT2D eigenvalue weighted by atomic mass is 32.2. The van der Waals surface area contributed by atoms with Gasteiger partial charge in [0.05, 0.1) is 9.73 Å². The number of oxazole rings is 1. The van der Waals surface area contributed by atoms with Gasteiger partial charge in [0.15, 0.2) is 12.1 Å². The maximum atomic E-state index is 13.1. The summed E-state index contributed by atoms with van der Waals surface area (Å²) in [6.45, 7) is 6.70. The Bertz CT molecular complexity index is 1060. The van der Waals surface area contributed by atoms with Crippen LogP contribution in [0.3, 0.4) is 0 Å². The number of carbonyl (C=O) groups is 2. The summed E-state index contributed by atoms with van der Waals surface area (Å²) in [6.07, 6.45) is 4.76. The first kappa shape index (κ1) is 22.2. The Hall–Kier alpha value is -2.48. The summed E-state index contributed by atoms with van der Waals surface area (Å²) in [4.78, 5) is 30.6. The summed E-state index contributed by atoms with van der Waals surface area (Å²) >= 11 is 0. The van der Waals surface area contributed by atoms with Crippen LogP contribution in [0.4, 0.5) is 0 Å². The van der Waals surface area contributed by atoms with Crippen molar-refractivity contribution in [3.8, 4) is 0 Å². The van der Waals surface area contributed by atoms with Crippen molar-refractivity contribution in [2.45, 2.75) is 51.7 Å². The molecule has 0 bridgehead atoms. The van der Waals surface area contributed by atoms with Crippen molar-refractivity contribution >= 4 is 21.5 Å². The van der Waals surface area contributed by atoms with Crippen LogP contribution in [0.15, 0.2) is 33.4 Å². The lowest BCUT2D eigenvalue weighted by atomic mass is 10.0. The first-order chi connectivity index (χ1) is 14.2. The summed E-state index contributed by atoms with van der Waals surface area (Å²) < 4.78 is 22.3. The van der Waals surface area contributed by atoms with Crippen LogP contribution in [0.1, 0.15) is 52.2 Å². The topological polar surface area (TPSA) is 92.8 Å². The van der Waals surface area contributed by atoms with Gasteiger partial charge in [0.2, 0.25) is 0 Å². The number of piperidine rings is 1. The molecule has 1 aliphatic heterocycles. The number of aromatic nitrogens is 1. The number of benzene rings is 1. The third kappa shape index (κ3) is 5.16. The number of hydrogen-bond acceptors (Lipinski definition) is 5. The van der Waals surface area contributed by atoms with E-state index in [0.29, 0.717) is 43.8 Å². The summed E-state index contributed by atoms with van der Waals surface area (Å²) in [5.41, 5.74) is 3.77. The second kappa shape index (κ2) is 9.12. The van der Waals surface area contributed by atoms with Gasteiger partial charge in [-0.1, -0.05) is 23.8 Å². The normalized spacial score (nSPS) is 16.9. The van der Waals surface area contributed by atoms with Gasteiger partial charge in [0.25, 0.3) is 11.8 Å². The van der Waals surface area contributed by atoms with Crippen LogP contribution in [-0.2, 0) is 20.9 Å². The molecule has 162 valence electrons. The number of likely N-dealkylation sites (tertiary alicyclic amines) is 1. The Labute approximate surface area is 178 Å². The summed E-state index contributed by atoms with van der Waals surface area (Å²) in [5, 5.41) is -0.204. The SMILES string of the molecule is Cc1ccc(CCC(=O)N=S(C)(=O)C2CCN(C(=O)c3ncoc3C)CC2)c(C)c1. The zero-order chi connectivity index (χ0) is 21.9. The van der Waals surface area contributed by atoms with Crippen molar-refractivity contribution in [3.05, 3.63) is 52.7 Å². The Morgan fingerprint density at radius 2 is 1.93 bits per heavy atom. The minimum Gasteiger partial charge on any atom is -0.448 e. The summed E-state index contributed by atoms with van der Waals surface area (Å²) in [5.74, 6) is -0.00573. The molecule has 8 heteroatoms. The lowest BCUT2D eigenvalue weighted by Gasteiger charge is -2.32. The first-order valence-electron chi connectivity index (χ1n) is 10.2. The molecule has 1 saturated heterocycles. The smallest absolute Gasteiger partial charge is 0.276 e. The Balaban J connectivity index is 1.58. The zero-order valence-electron chi connectivity index (χ0n) is 18.0. The summed E-state index contributed by atoms with van der Waals surface area (Å²) in [6, 6.07) is 6.16. The average Bonchev–Trinajstić information content (AvgIpc) is 3.12. The number of hydrogen-bond donors (Lipinski definition) is 0. The minimum absolute atomic E-state index is 0.177. The van der Waals surface area contributed by atoms with E-state index in [1.807, 2.05) is 26.0 Å². The second-order valence-corrected chi connectivity index (χ2v) is 10.6. The maximum absolute atomic E-state index is 13.1. The van der Waals surface area contributed by atoms with Crippen LogP contribution >= 0.6 is 0 Å². The predicted octanol–water partition coefficient (Wildman–Crippen LogP) is 3.46. The van der Waals surface area contributed by atoms with E-state index >= 15 is 0 Å². The van der Waals surface area contributed by atoms with Crippen LogP contribution in [-0.4, -0.2) is 50.5 Å². The van der Waals surface area contributed by atoms with Gasteiger partial charge < -0.3 is 9.32 Å². The van der Waals surface area contributed by atoms with E-state index in [1.54, 1.807) is 18.1 Å². The van der Waals surface area contributed by atoms with Crippen molar-refractivity contribution < 1.29 is 18.2 Å². The lowest BCUT2D eigenvalue weighted by molar-refractivity contribution is -0.117. The van der Waals surface area contributed by atoms with Crippen LogP contribution in [0.25, 0.3) is 0 Å². The van der Waals surface area contributed by atoms with Crippen molar-refractivity contribution in [2.75, 3.05) is 19.3 Å². The largest absolute Gasteiger partial charge is 0.448 e. The molecule has 1 aromatic carbocycles. The van der Waals surface area contributed by atoms with Crippen LogP contribution in [0.5, 0.6) is 0 Å². The molecule has 0 saturated carbocycles. The standard InChI is InChI=1S/C22H29N3O4S/c1-15-5-6-18(16(2)13-15)7-8-20(26)24-30(4,28)19-9-11-25(12-10-19)22(27)21-17(3)29-14-23-21/h5-6,13-14,19H,7-12H2,1-4H3. The van der Waals surface area contributed by atoms with Crippen molar-refractivity contribution in [1.82, 2.24) is 9.88 Å². The van der Waals surface area contributed by atoms with E-state index < -0.39 is 9.73 Å². The van der Waals surface area contributed by atoms with Crippen molar-refractivity contribution in [1.29, 1.82) is 0 Å². The third-order valence-electron chi connectivity index (χ3n) is 5.68. The molecule has 0 aliphatic carbocycles. The number of rotatable bonds is 5. The molecule has 3 rings (SSSR count). The molecular formula is C22H29N3O4S. The van der Waals surface area contributed by atoms with E-state index in [2.05, 4.69) is 15.4 Å². The van der Waals surface area contributed by atoms with Gasteiger partial charge in [-0.2, -0.15) is 4.36 Å². The van der Waals surface area contributed by atoms with Gasteiger partial charge in [-0.05, 0) is 51.2 Å². The lowest BCUT2D eigenvalue weighted by Crippen LogP contribution is -2.42. The second-order valence-electron chi connectivity index (χ2n) is 8.02. The molecule has 30 heavy (non-hydrogen) atoms. The fourth-order valence-corrected chi connectivity index (χ4v) is 5.58. The maximum Gasteiger partial charge on any atom is 0.276 e.